The lowest BCUT2D eigenvalue weighted by Crippen LogP contribution is -2.52. The molecule has 1 aromatic carbocycles. The highest BCUT2D eigenvalue weighted by molar-refractivity contribution is 9.10. The minimum atomic E-state index is -0.874. The molecule has 1 aromatic rings. The first-order valence-corrected chi connectivity index (χ1v) is 6.68. The molecule has 0 saturated carbocycles. The van der Waals surface area contributed by atoms with Crippen molar-refractivity contribution < 1.29 is 13.6 Å². The maximum atomic E-state index is 13.9. The van der Waals surface area contributed by atoms with Gasteiger partial charge >= 0.3 is 0 Å². The first kappa shape index (κ1) is 13.6. The van der Waals surface area contributed by atoms with Gasteiger partial charge in [0.15, 0.2) is 11.6 Å². The molecule has 1 N–H and O–H groups in total. The molecule has 18 heavy (non-hydrogen) atoms. The van der Waals surface area contributed by atoms with E-state index in [0.29, 0.717) is 13.0 Å². The summed E-state index contributed by atoms with van der Waals surface area (Å²) in [5.41, 5.74) is -1.33. The molecule has 0 amide bonds. The number of benzene rings is 1. The molecular weight excluding hydrogens is 304 g/mol. The van der Waals surface area contributed by atoms with Crippen molar-refractivity contribution in [3.05, 3.63) is 33.8 Å². The number of carbonyl (C=O) groups is 1. The van der Waals surface area contributed by atoms with E-state index in [1.807, 2.05) is 0 Å². The summed E-state index contributed by atoms with van der Waals surface area (Å²) >= 11 is 2.98. The van der Waals surface area contributed by atoms with Gasteiger partial charge in [-0.2, -0.15) is 0 Å². The third-order valence-electron chi connectivity index (χ3n) is 3.39. The zero-order chi connectivity index (χ0) is 13.3. The number of ketones is 1. The van der Waals surface area contributed by atoms with Crippen LogP contribution >= 0.6 is 15.9 Å². The highest BCUT2D eigenvalue weighted by Gasteiger charge is 2.38. The monoisotopic (exact) mass is 317 g/mol. The lowest BCUT2D eigenvalue weighted by Gasteiger charge is -2.33. The Morgan fingerprint density at radius 1 is 1.39 bits per heavy atom. The van der Waals surface area contributed by atoms with Gasteiger partial charge in [0.25, 0.3) is 0 Å². The van der Waals surface area contributed by atoms with Crippen LogP contribution in [-0.4, -0.2) is 17.9 Å². The van der Waals surface area contributed by atoms with Crippen LogP contribution in [0.3, 0.4) is 0 Å². The Morgan fingerprint density at radius 2 is 2.11 bits per heavy atom. The van der Waals surface area contributed by atoms with Gasteiger partial charge in [0, 0.05) is 0 Å². The summed E-state index contributed by atoms with van der Waals surface area (Å²) in [5.74, 6) is -2.15. The smallest absolute Gasteiger partial charge is 0.188 e. The first-order chi connectivity index (χ1) is 8.46. The molecule has 0 bridgehead atoms. The van der Waals surface area contributed by atoms with Gasteiger partial charge in [-0.25, -0.2) is 8.78 Å². The highest BCUT2D eigenvalue weighted by Crippen LogP contribution is 2.28. The second kappa shape index (κ2) is 5.05. The molecule has 0 aliphatic carbocycles. The van der Waals surface area contributed by atoms with Gasteiger partial charge in [0.05, 0.1) is 15.6 Å². The van der Waals surface area contributed by atoms with Gasteiger partial charge in [0.2, 0.25) is 0 Å². The number of Topliss-reactive ketones (excluding diaryl/α,β-unsaturated/α-hetero) is 1. The van der Waals surface area contributed by atoms with Crippen LogP contribution in [0, 0.1) is 11.6 Å². The van der Waals surface area contributed by atoms with Crippen LogP contribution in [0.25, 0.3) is 0 Å². The molecule has 2 rings (SSSR count). The summed E-state index contributed by atoms with van der Waals surface area (Å²) in [6.45, 7) is 2.40. The third kappa shape index (κ3) is 2.34. The van der Waals surface area contributed by atoms with Crippen molar-refractivity contribution in [3.63, 3.8) is 0 Å². The van der Waals surface area contributed by atoms with Gasteiger partial charge in [-0.3, -0.25) is 4.79 Å². The zero-order valence-corrected chi connectivity index (χ0v) is 11.6. The second-order valence-corrected chi connectivity index (χ2v) is 5.62. The van der Waals surface area contributed by atoms with Crippen LogP contribution in [-0.2, 0) is 0 Å². The molecular formula is C13H14BrF2NO. The van der Waals surface area contributed by atoms with E-state index in [9.17, 15) is 13.6 Å². The predicted octanol–water partition coefficient (Wildman–Crippen LogP) is 3.44. The average molecular weight is 318 g/mol. The summed E-state index contributed by atoms with van der Waals surface area (Å²) in [6, 6.07) is 2.37. The Labute approximate surface area is 113 Å². The number of rotatable bonds is 2. The SMILES string of the molecule is CC1(C(=O)c2c(F)ccc(Br)c2F)CCCCN1. The maximum Gasteiger partial charge on any atom is 0.188 e. The molecule has 98 valence electrons. The Hall–Kier alpha value is -0.810. The lowest BCUT2D eigenvalue weighted by molar-refractivity contribution is 0.0825. The molecule has 1 saturated heterocycles. The molecule has 1 heterocycles. The van der Waals surface area contributed by atoms with E-state index in [1.165, 1.54) is 6.07 Å². The minimum Gasteiger partial charge on any atom is -0.305 e. The van der Waals surface area contributed by atoms with Gasteiger partial charge in [-0.05, 0) is 60.8 Å². The van der Waals surface area contributed by atoms with Crippen molar-refractivity contribution in [2.24, 2.45) is 0 Å². The molecule has 1 fully saturated rings. The van der Waals surface area contributed by atoms with Crippen molar-refractivity contribution in [1.82, 2.24) is 5.32 Å². The highest BCUT2D eigenvalue weighted by atomic mass is 79.9. The summed E-state index contributed by atoms with van der Waals surface area (Å²) in [6.07, 6.45) is 2.45. The maximum absolute atomic E-state index is 13.9. The fourth-order valence-electron chi connectivity index (χ4n) is 2.26. The molecule has 1 aliphatic heterocycles. The first-order valence-electron chi connectivity index (χ1n) is 5.89. The lowest BCUT2D eigenvalue weighted by atomic mass is 9.83. The summed E-state index contributed by atoms with van der Waals surface area (Å²) in [4.78, 5) is 12.4. The number of hydrogen-bond donors (Lipinski definition) is 1. The number of carbonyl (C=O) groups excluding carboxylic acids is 1. The fraction of sp³-hybridized carbons (Fsp3) is 0.462. The molecule has 0 aromatic heterocycles. The number of nitrogens with one attached hydrogen (secondary N) is 1. The van der Waals surface area contributed by atoms with E-state index < -0.39 is 28.5 Å². The second-order valence-electron chi connectivity index (χ2n) is 4.76. The summed E-state index contributed by atoms with van der Waals surface area (Å²) < 4.78 is 27.7. The fourth-order valence-corrected chi connectivity index (χ4v) is 2.59. The Morgan fingerprint density at radius 3 is 2.72 bits per heavy atom. The summed E-state index contributed by atoms with van der Waals surface area (Å²) in [5, 5.41) is 3.07. The minimum absolute atomic E-state index is 0.103. The van der Waals surface area contributed by atoms with E-state index in [-0.39, 0.29) is 4.47 Å². The third-order valence-corrected chi connectivity index (χ3v) is 4.00. The molecule has 1 atom stereocenters. The van der Waals surface area contributed by atoms with E-state index in [4.69, 9.17) is 0 Å². The van der Waals surface area contributed by atoms with Gasteiger partial charge in [0.1, 0.15) is 5.82 Å². The van der Waals surface area contributed by atoms with E-state index >= 15 is 0 Å². The molecule has 5 heteroatoms. The molecule has 1 aliphatic rings. The average Bonchev–Trinajstić information content (AvgIpc) is 2.35. The Kier molecular flexibility index (Phi) is 3.82. The molecule has 2 nitrogen and oxygen atoms in total. The Balaban J connectivity index is 2.42. The quantitative estimate of drug-likeness (QED) is 0.668. The van der Waals surface area contributed by atoms with Crippen molar-refractivity contribution in [2.75, 3.05) is 6.54 Å². The Bertz CT molecular complexity index is 484. The molecule has 0 radical (unpaired) electrons. The van der Waals surface area contributed by atoms with Crippen molar-refractivity contribution in [3.8, 4) is 0 Å². The zero-order valence-electron chi connectivity index (χ0n) is 10.0. The van der Waals surface area contributed by atoms with Crippen molar-refractivity contribution in [2.45, 2.75) is 31.7 Å². The largest absolute Gasteiger partial charge is 0.305 e. The van der Waals surface area contributed by atoms with Crippen LogP contribution in [0.15, 0.2) is 16.6 Å². The standard InChI is InChI=1S/C13H14BrF2NO/c1-13(6-2-3-7-17-13)12(18)10-9(15)5-4-8(14)11(10)16/h4-5,17H,2-3,6-7H2,1H3. The van der Waals surface area contributed by atoms with Crippen molar-refractivity contribution in [1.29, 1.82) is 0 Å². The van der Waals surface area contributed by atoms with E-state index in [2.05, 4.69) is 21.2 Å². The van der Waals surface area contributed by atoms with E-state index in [1.54, 1.807) is 6.92 Å². The predicted molar refractivity (Wildman–Crippen MR) is 68.6 cm³/mol. The number of piperidine rings is 1. The van der Waals surface area contributed by atoms with Crippen LogP contribution in [0.2, 0.25) is 0 Å². The number of hydrogen-bond acceptors (Lipinski definition) is 2. The van der Waals surface area contributed by atoms with Crippen LogP contribution in [0.5, 0.6) is 0 Å². The number of halogens is 3. The van der Waals surface area contributed by atoms with Gasteiger partial charge in [-0.15, -0.1) is 0 Å². The van der Waals surface area contributed by atoms with Crippen LogP contribution < -0.4 is 5.32 Å². The van der Waals surface area contributed by atoms with Crippen LogP contribution in [0.1, 0.15) is 36.5 Å². The van der Waals surface area contributed by atoms with Gasteiger partial charge in [-0.1, -0.05) is 0 Å². The van der Waals surface area contributed by atoms with Crippen LogP contribution in [0.4, 0.5) is 8.78 Å². The molecule has 1 unspecified atom stereocenters. The molecule has 0 spiro atoms. The van der Waals surface area contributed by atoms with Gasteiger partial charge < -0.3 is 5.32 Å². The normalized spacial score (nSPS) is 24.0. The van der Waals surface area contributed by atoms with E-state index in [0.717, 1.165) is 18.9 Å². The van der Waals surface area contributed by atoms with Crippen molar-refractivity contribution >= 4 is 21.7 Å². The topological polar surface area (TPSA) is 29.1 Å². The summed E-state index contributed by atoms with van der Waals surface area (Å²) in [7, 11) is 0.